The van der Waals surface area contributed by atoms with Crippen molar-refractivity contribution in [2.75, 3.05) is 228 Å². The van der Waals surface area contributed by atoms with E-state index in [0.717, 1.165) is 20.8 Å². The molecule has 47 heteroatoms. The lowest BCUT2D eigenvalue weighted by atomic mass is 10.0. The molecule has 3 fully saturated rings. The number of carboxylic acids is 1. The number of imide groups is 6. The molecule has 43 nitrogen and oxygen atoms in total. The van der Waals surface area contributed by atoms with Crippen LogP contribution < -0.4 is 32.3 Å². The first-order chi connectivity index (χ1) is 64.5. The maximum atomic E-state index is 13.7. The number of benzene rings is 3. The van der Waals surface area contributed by atoms with Gasteiger partial charge in [0.1, 0.15) is 35.1 Å². The smallest absolute Gasteiger partial charge is 0.446 e. The SMILES string of the molecule is CC(C)(C)OC(=O)CCOCCOCCOCCOCCOCCN.CC(C)(C)OC(=O)CCOCCOCCOCCOCCOCCNc1cccc2c1C(=O)N(C1CCC(=O)NC1=O)C2=O.O=C(O)CCOCCOCCOCCOCCOCCNc1cccc2c1C(=O)N(C1CCC(=O)NC1=O)C2=O.O=C1CCC(N2C(=O)c3cccc(F)c3C2=O)C(=O)N1.O=CC(F)(F)F. The van der Waals surface area contributed by atoms with E-state index in [1.54, 1.807) is 36.4 Å². The van der Waals surface area contributed by atoms with Gasteiger partial charge in [-0.15, -0.1) is 0 Å². The predicted molar refractivity (Wildman–Crippen MR) is 463 cm³/mol. The van der Waals surface area contributed by atoms with Crippen LogP contribution in [0.15, 0.2) is 54.6 Å². The number of nitrogens with zero attached hydrogens (tertiary/aromatic N) is 3. The maximum Gasteiger partial charge on any atom is 0.446 e. The van der Waals surface area contributed by atoms with Gasteiger partial charge in [-0.1, -0.05) is 18.2 Å². The van der Waals surface area contributed by atoms with Crippen LogP contribution in [0.1, 0.15) is 161 Å². The monoisotopic (exact) mass is 1930 g/mol. The molecular formula is C88H123F4N9O34. The Morgan fingerprint density at radius 1 is 0.378 bits per heavy atom. The van der Waals surface area contributed by atoms with Crippen molar-refractivity contribution < 1.29 is 180 Å². The number of esters is 2. The van der Waals surface area contributed by atoms with E-state index < -0.39 is 124 Å². The molecule has 3 saturated heterocycles. The van der Waals surface area contributed by atoms with Gasteiger partial charge in [0, 0.05) is 50.3 Å². The lowest BCUT2D eigenvalue weighted by Crippen LogP contribution is -2.54. The van der Waals surface area contributed by atoms with Crippen molar-refractivity contribution in [2.45, 2.75) is 135 Å². The van der Waals surface area contributed by atoms with E-state index in [9.17, 15) is 89.5 Å². The Kier molecular flexibility index (Phi) is 53.4. The first-order valence-corrected chi connectivity index (χ1v) is 43.7. The quantitative estimate of drug-likeness (QED) is 0.0140. The highest BCUT2D eigenvalue weighted by Gasteiger charge is 2.49. The van der Waals surface area contributed by atoms with Crippen LogP contribution in [0, 0.1) is 5.82 Å². The molecule has 9 rings (SSSR count). The second kappa shape index (κ2) is 62.8. The highest BCUT2D eigenvalue weighted by atomic mass is 19.4. The Balaban J connectivity index is 0.000000323. The zero-order chi connectivity index (χ0) is 99.1. The van der Waals surface area contributed by atoms with Gasteiger partial charge in [0.25, 0.3) is 35.4 Å². The fourth-order valence-electron chi connectivity index (χ4n) is 12.6. The van der Waals surface area contributed by atoms with E-state index in [1.807, 2.05) is 41.5 Å². The molecule has 3 atom stereocenters. The van der Waals surface area contributed by atoms with Crippen LogP contribution in [-0.2, 0) is 128 Å². The number of rotatable bonds is 58. The Hall–Kier alpha value is -10.7. The van der Waals surface area contributed by atoms with E-state index in [0.29, 0.717) is 216 Å². The molecule has 0 aromatic heterocycles. The van der Waals surface area contributed by atoms with Crippen molar-refractivity contribution in [2.24, 2.45) is 5.73 Å². The minimum absolute atomic E-state index is 0.0275. The van der Waals surface area contributed by atoms with Crippen LogP contribution >= 0.6 is 0 Å². The molecule has 135 heavy (non-hydrogen) atoms. The third-order valence-electron chi connectivity index (χ3n) is 18.5. The van der Waals surface area contributed by atoms with E-state index in [2.05, 4.69) is 26.6 Å². The number of carboxylic acid groups (broad SMARTS) is 1. The molecule has 0 aliphatic carbocycles. The largest absolute Gasteiger partial charge is 0.481 e. The minimum Gasteiger partial charge on any atom is -0.481 e. The molecule has 3 aromatic carbocycles. The number of fused-ring (bicyclic) bond motifs is 3. The van der Waals surface area contributed by atoms with Crippen LogP contribution in [0.2, 0.25) is 0 Å². The summed E-state index contributed by atoms with van der Waals surface area (Å²) in [6.45, 7) is 24.6. The normalized spacial score (nSPS) is 16.3. The zero-order valence-corrected chi connectivity index (χ0v) is 76.6. The van der Waals surface area contributed by atoms with Gasteiger partial charge in [0.2, 0.25) is 41.7 Å². The molecule has 752 valence electrons. The number of carbonyl (C=O) groups excluding carboxylic acids is 15. The van der Waals surface area contributed by atoms with Crippen LogP contribution in [0.5, 0.6) is 0 Å². The molecule has 6 heterocycles. The van der Waals surface area contributed by atoms with Crippen molar-refractivity contribution >= 4 is 106 Å². The molecule has 6 aliphatic heterocycles. The highest BCUT2D eigenvalue weighted by Crippen LogP contribution is 2.35. The van der Waals surface area contributed by atoms with E-state index >= 15 is 0 Å². The number of halogens is 4. The second-order valence-electron chi connectivity index (χ2n) is 31.3. The number of aldehydes is 1. The number of ether oxygens (including phenoxy) is 17. The number of nitrogens with two attached hydrogens (primary N) is 1. The number of hydrogen-bond donors (Lipinski definition) is 7. The Morgan fingerprint density at radius 2 is 0.622 bits per heavy atom. The molecule has 3 aromatic rings. The summed E-state index contributed by atoms with van der Waals surface area (Å²) < 4.78 is 136. The second-order valence-corrected chi connectivity index (χ2v) is 31.3. The summed E-state index contributed by atoms with van der Waals surface area (Å²) in [5, 5.41) is 21.2. The van der Waals surface area contributed by atoms with Crippen molar-refractivity contribution in [1.82, 2.24) is 30.7 Å². The highest BCUT2D eigenvalue weighted by molar-refractivity contribution is 6.27. The standard InChI is InChI=1S/C30H43N3O11.C26H35N3O11.C17H35NO7.C13H9FN2O4.C2HF3O/c1-30(2,3)44-25(35)9-11-39-13-15-41-17-19-43-20-18-42-16-14-40-12-10-31-22-6-4-5-21-26(22)29(38)33(28(21)37)23-7-8-24(34)32-27(23)36;30-21-5-4-20(24(33)28-21)29-25(34)18-2-1-3-19(23(18)26(29)35)27-7-9-37-11-13-39-15-17-40-16-14-38-12-10-36-8-6-22(31)32;1-17(2,3)25-16(19)4-6-20-8-10-22-12-14-24-15-13-23-11-9-21-7-5-18;14-7-3-1-2-6-10(7)13(20)16(12(6)19)8-4-5-9(17)15-11(8)18;3-2(4,5)1-6/h4-6,23,31H,7-20H2,1-3H3,(H,32,34,36);1-3,20,27H,4-17H2,(H,31,32)(H,28,30,33);4-15,18H2,1-3H3;1-3,8H,4-5H2,(H,15,17,18);1H. The number of hydrogen-bond acceptors (Lipinski definition) is 36. The average Bonchev–Trinajstić information content (AvgIpc) is 1.61. The van der Waals surface area contributed by atoms with Crippen LogP contribution in [0.4, 0.5) is 28.9 Å². The molecule has 6 aliphatic rings. The topological polar surface area (TPSA) is 546 Å². The van der Waals surface area contributed by atoms with Gasteiger partial charge in [-0.25, -0.2) is 4.39 Å². The summed E-state index contributed by atoms with van der Waals surface area (Å²) in [6, 6.07) is 10.4. The summed E-state index contributed by atoms with van der Waals surface area (Å²) in [6.07, 6.45) is -4.85. The van der Waals surface area contributed by atoms with E-state index in [4.69, 9.17) is 96.2 Å². The predicted octanol–water partition coefficient (Wildman–Crippen LogP) is 3.11. The summed E-state index contributed by atoms with van der Waals surface area (Å²) in [5.41, 5.74) is 5.75. The zero-order valence-electron chi connectivity index (χ0n) is 76.6. The Labute approximate surface area is 776 Å². The minimum atomic E-state index is -4.64. The summed E-state index contributed by atoms with van der Waals surface area (Å²) in [5.74, 6) is -9.30. The van der Waals surface area contributed by atoms with Gasteiger partial charge in [-0.05, 0) is 97.2 Å². The van der Waals surface area contributed by atoms with E-state index in [1.165, 1.54) is 12.1 Å². The number of carbonyl (C=O) groups is 16. The van der Waals surface area contributed by atoms with Crippen molar-refractivity contribution in [3.8, 4) is 0 Å². The lowest BCUT2D eigenvalue weighted by molar-refractivity contribution is -0.157. The molecule has 0 radical (unpaired) electrons. The van der Waals surface area contributed by atoms with Gasteiger partial charge in [-0.2, -0.15) is 13.2 Å². The Morgan fingerprint density at radius 3 is 0.874 bits per heavy atom. The molecular weight excluding hydrogens is 1800 g/mol. The van der Waals surface area contributed by atoms with Gasteiger partial charge < -0.3 is 102 Å². The van der Waals surface area contributed by atoms with Crippen LogP contribution in [-0.4, -0.2) is 368 Å². The first-order valence-electron chi connectivity index (χ1n) is 43.7. The van der Waals surface area contributed by atoms with Gasteiger partial charge in [0.15, 0.2) is 0 Å². The maximum absolute atomic E-state index is 13.7. The molecule has 12 amide bonds. The van der Waals surface area contributed by atoms with Gasteiger partial charge in [0.05, 0.1) is 251 Å². The molecule has 8 N–H and O–H groups in total. The fraction of sp³-hybridized carbons (Fsp3) is 0.614. The molecule has 0 saturated carbocycles. The number of anilines is 2. The van der Waals surface area contributed by atoms with E-state index in [-0.39, 0.29) is 116 Å². The third kappa shape index (κ3) is 43.9. The average molecular weight is 1930 g/mol. The summed E-state index contributed by atoms with van der Waals surface area (Å²) in [7, 11) is 0. The molecule has 0 spiro atoms. The first kappa shape index (κ1) is 115. The van der Waals surface area contributed by atoms with Crippen molar-refractivity contribution in [1.29, 1.82) is 0 Å². The van der Waals surface area contributed by atoms with Crippen molar-refractivity contribution in [3.63, 3.8) is 0 Å². The van der Waals surface area contributed by atoms with Gasteiger partial charge in [-0.3, -0.25) is 107 Å². The number of amides is 12. The number of alkyl halides is 3. The van der Waals surface area contributed by atoms with Crippen LogP contribution in [0.3, 0.4) is 0 Å². The fourth-order valence-corrected chi connectivity index (χ4v) is 12.6. The molecule has 0 bridgehead atoms. The Bertz CT molecular complexity index is 4340. The number of piperidine rings is 3. The third-order valence-corrected chi connectivity index (χ3v) is 18.5. The number of nitrogens with one attached hydrogen (secondary N) is 5. The van der Waals surface area contributed by atoms with Crippen molar-refractivity contribution in [3.05, 3.63) is 93.8 Å². The lowest BCUT2D eigenvalue weighted by Gasteiger charge is -2.27. The molecule has 3 unspecified atom stereocenters. The van der Waals surface area contributed by atoms with Crippen LogP contribution in [0.25, 0.3) is 0 Å². The summed E-state index contributed by atoms with van der Waals surface area (Å²) in [4.78, 5) is 191. The summed E-state index contributed by atoms with van der Waals surface area (Å²) >= 11 is 0. The van der Waals surface area contributed by atoms with Gasteiger partial charge >= 0.3 is 24.1 Å². The number of aliphatic carboxylic acids is 1.